The van der Waals surface area contributed by atoms with Crippen LogP contribution in [-0.4, -0.2) is 7.11 Å². The van der Waals surface area contributed by atoms with E-state index in [0.29, 0.717) is 10.2 Å². The van der Waals surface area contributed by atoms with Gasteiger partial charge in [0.2, 0.25) is 0 Å². The largest absolute Gasteiger partial charge is 0.496 e. The summed E-state index contributed by atoms with van der Waals surface area (Å²) in [5, 5.41) is 0. The molecule has 0 fully saturated rings. The lowest BCUT2D eigenvalue weighted by Gasteiger charge is -2.20. The molecule has 0 aliphatic heterocycles. The Morgan fingerprint density at radius 1 is 1.25 bits per heavy atom. The summed E-state index contributed by atoms with van der Waals surface area (Å²) in [4.78, 5) is 0. The first kappa shape index (κ1) is 15.0. The maximum Gasteiger partial charge on any atom is 0.124 e. The van der Waals surface area contributed by atoms with Gasteiger partial charge in [0.25, 0.3) is 0 Å². The number of methoxy groups -OCH3 is 1. The zero-order valence-electron chi connectivity index (χ0n) is 11.3. The summed E-state index contributed by atoms with van der Waals surface area (Å²) in [5.74, 6) is 6.06. The molecular formula is C15H16BrFN2O. The lowest BCUT2D eigenvalue weighted by molar-refractivity contribution is 0.404. The Labute approximate surface area is 126 Å². The van der Waals surface area contributed by atoms with Crippen LogP contribution < -0.4 is 16.0 Å². The third-order valence-electron chi connectivity index (χ3n) is 3.08. The normalized spacial score (nSPS) is 12.2. The van der Waals surface area contributed by atoms with Crippen molar-refractivity contribution in [3.8, 4) is 5.75 Å². The number of nitrogens with two attached hydrogens (primary N) is 1. The average Bonchev–Trinajstić information content (AvgIpc) is 2.39. The van der Waals surface area contributed by atoms with Crippen LogP contribution in [0.15, 0.2) is 40.9 Å². The molecular weight excluding hydrogens is 323 g/mol. The van der Waals surface area contributed by atoms with E-state index in [1.807, 2.05) is 31.2 Å². The monoisotopic (exact) mass is 338 g/mol. The smallest absolute Gasteiger partial charge is 0.124 e. The number of aryl methyl sites for hydroxylation is 1. The van der Waals surface area contributed by atoms with Gasteiger partial charge in [-0.05, 0) is 36.8 Å². The second-order valence-corrected chi connectivity index (χ2v) is 5.46. The quantitative estimate of drug-likeness (QED) is 0.663. The van der Waals surface area contributed by atoms with Crippen LogP contribution in [0.5, 0.6) is 5.75 Å². The molecule has 1 atom stereocenters. The Balaban J connectivity index is 2.54. The minimum atomic E-state index is -0.350. The van der Waals surface area contributed by atoms with Crippen molar-refractivity contribution >= 4 is 15.9 Å². The van der Waals surface area contributed by atoms with Crippen LogP contribution in [0.2, 0.25) is 0 Å². The maximum absolute atomic E-state index is 13.6. The van der Waals surface area contributed by atoms with Gasteiger partial charge in [0.05, 0.1) is 13.2 Å². The lowest BCUT2D eigenvalue weighted by atomic mass is 9.97. The average molecular weight is 339 g/mol. The number of benzene rings is 2. The fourth-order valence-electron chi connectivity index (χ4n) is 2.19. The van der Waals surface area contributed by atoms with Crippen LogP contribution >= 0.6 is 15.9 Å². The van der Waals surface area contributed by atoms with Gasteiger partial charge in [-0.1, -0.05) is 33.6 Å². The maximum atomic E-state index is 13.6. The number of hydrogen-bond donors (Lipinski definition) is 2. The van der Waals surface area contributed by atoms with Gasteiger partial charge in [-0.25, -0.2) is 9.82 Å². The van der Waals surface area contributed by atoms with Crippen molar-refractivity contribution in [2.75, 3.05) is 7.11 Å². The molecule has 3 N–H and O–H groups in total. The first-order valence-corrected chi connectivity index (χ1v) is 6.91. The Morgan fingerprint density at radius 3 is 2.60 bits per heavy atom. The van der Waals surface area contributed by atoms with Crippen molar-refractivity contribution in [2.24, 2.45) is 5.84 Å². The van der Waals surface area contributed by atoms with Gasteiger partial charge in [0.1, 0.15) is 11.6 Å². The van der Waals surface area contributed by atoms with Crippen molar-refractivity contribution in [1.82, 2.24) is 5.43 Å². The Hall–Kier alpha value is -1.43. The van der Waals surface area contributed by atoms with Crippen LogP contribution in [-0.2, 0) is 0 Å². The van der Waals surface area contributed by atoms with E-state index in [9.17, 15) is 4.39 Å². The van der Waals surface area contributed by atoms with Crippen molar-refractivity contribution in [3.63, 3.8) is 0 Å². The number of rotatable bonds is 4. The molecule has 0 radical (unpaired) electrons. The topological polar surface area (TPSA) is 47.3 Å². The van der Waals surface area contributed by atoms with Crippen LogP contribution in [0.4, 0.5) is 4.39 Å². The Bertz CT molecular complexity index is 599. The molecule has 0 aliphatic rings. The van der Waals surface area contributed by atoms with E-state index in [-0.39, 0.29) is 11.9 Å². The molecule has 0 amide bonds. The van der Waals surface area contributed by atoms with E-state index in [4.69, 9.17) is 10.6 Å². The second kappa shape index (κ2) is 6.35. The molecule has 0 saturated carbocycles. The molecule has 0 bridgehead atoms. The molecule has 1 unspecified atom stereocenters. The van der Waals surface area contributed by atoms with Gasteiger partial charge in [-0.15, -0.1) is 0 Å². The molecule has 0 spiro atoms. The van der Waals surface area contributed by atoms with Crippen LogP contribution in [0.25, 0.3) is 0 Å². The fourth-order valence-corrected chi connectivity index (χ4v) is 2.67. The van der Waals surface area contributed by atoms with Crippen LogP contribution in [0, 0.1) is 12.7 Å². The highest BCUT2D eigenvalue weighted by molar-refractivity contribution is 9.10. The van der Waals surface area contributed by atoms with Crippen LogP contribution in [0.1, 0.15) is 22.7 Å². The number of nitrogens with one attached hydrogen (secondary N) is 1. The molecule has 2 aromatic carbocycles. The van der Waals surface area contributed by atoms with Crippen molar-refractivity contribution < 1.29 is 9.13 Å². The fraction of sp³-hybridized carbons (Fsp3) is 0.200. The van der Waals surface area contributed by atoms with Gasteiger partial charge in [-0.2, -0.15) is 0 Å². The number of ether oxygens (including phenoxy) is 1. The number of halogens is 2. The summed E-state index contributed by atoms with van der Waals surface area (Å²) in [6.45, 7) is 1.98. The minimum absolute atomic E-state index is 0.318. The Morgan fingerprint density at radius 2 is 2.00 bits per heavy atom. The standard InChI is InChI=1S/C15H16BrFN2O/c1-9-3-4-14(20-2)13(5-9)15(19-18)10-6-11(16)8-12(17)7-10/h3-8,15,19H,18H2,1-2H3. The number of hydrazine groups is 1. The summed E-state index contributed by atoms with van der Waals surface area (Å²) in [7, 11) is 1.60. The molecule has 5 heteroatoms. The zero-order chi connectivity index (χ0) is 14.7. The van der Waals surface area contributed by atoms with E-state index in [2.05, 4.69) is 21.4 Å². The highest BCUT2D eigenvalue weighted by Crippen LogP contribution is 2.32. The first-order chi connectivity index (χ1) is 9.55. The van der Waals surface area contributed by atoms with E-state index in [1.165, 1.54) is 12.1 Å². The van der Waals surface area contributed by atoms with Gasteiger partial charge >= 0.3 is 0 Å². The zero-order valence-corrected chi connectivity index (χ0v) is 12.9. The third-order valence-corrected chi connectivity index (χ3v) is 3.54. The minimum Gasteiger partial charge on any atom is -0.496 e. The van der Waals surface area contributed by atoms with E-state index in [1.54, 1.807) is 7.11 Å². The van der Waals surface area contributed by atoms with Gasteiger partial charge in [0.15, 0.2) is 0 Å². The van der Waals surface area contributed by atoms with Crippen molar-refractivity contribution in [1.29, 1.82) is 0 Å². The molecule has 3 nitrogen and oxygen atoms in total. The lowest BCUT2D eigenvalue weighted by Crippen LogP contribution is -2.29. The van der Waals surface area contributed by atoms with Gasteiger partial charge in [0, 0.05) is 10.0 Å². The first-order valence-electron chi connectivity index (χ1n) is 6.12. The highest BCUT2D eigenvalue weighted by atomic mass is 79.9. The predicted molar refractivity (Wildman–Crippen MR) is 81.0 cm³/mol. The molecule has 0 aromatic heterocycles. The third kappa shape index (κ3) is 3.17. The van der Waals surface area contributed by atoms with Crippen LogP contribution in [0.3, 0.4) is 0 Å². The summed E-state index contributed by atoms with van der Waals surface area (Å²) in [5.41, 5.74) is 5.40. The molecule has 106 valence electrons. The van der Waals surface area contributed by atoms with Gasteiger partial charge in [-0.3, -0.25) is 5.84 Å². The van der Waals surface area contributed by atoms with Gasteiger partial charge < -0.3 is 4.74 Å². The van der Waals surface area contributed by atoms with E-state index >= 15 is 0 Å². The molecule has 0 saturated heterocycles. The molecule has 2 rings (SSSR count). The molecule has 0 heterocycles. The number of hydrogen-bond acceptors (Lipinski definition) is 3. The predicted octanol–water partition coefficient (Wildman–Crippen LogP) is 3.46. The van der Waals surface area contributed by atoms with Crippen molar-refractivity contribution in [3.05, 3.63) is 63.4 Å². The molecule has 0 aliphatic carbocycles. The summed E-state index contributed by atoms with van der Waals surface area (Å²) in [6.07, 6.45) is 0. The molecule has 2 aromatic rings. The van der Waals surface area contributed by atoms with Crippen molar-refractivity contribution in [2.45, 2.75) is 13.0 Å². The SMILES string of the molecule is COc1ccc(C)cc1C(NN)c1cc(F)cc(Br)c1. The highest BCUT2D eigenvalue weighted by Gasteiger charge is 2.18. The van der Waals surface area contributed by atoms with E-state index in [0.717, 1.165) is 16.7 Å². The second-order valence-electron chi connectivity index (χ2n) is 4.55. The summed E-state index contributed by atoms with van der Waals surface area (Å²) >= 11 is 3.29. The summed E-state index contributed by atoms with van der Waals surface area (Å²) in [6, 6.07) is 10.1. The van der Waals surface area contributed by atoms with E-state index < -0.39 is 0 Å². The Kier molecular flexibility index (Phi) is 4.75. The molecule has 20 heavy (non-hydrogen) atoms. The summed E-state index contributed by atoms with van der Waals surface area (Å²) < 4.78 is 19.6.